The lowest BCUT2D eigenvalue weighted by Crippen LogP contribution is -2.40. The van der Waals surface area contributed by atoms with E-state index in [2.05, 4.69) is 15.1 Å². The number of nitrogens with zero attached hydrogens (tertiary/aromatic N) is 4. The molecule has 2 rings (SSSR count). The van der Waals surface area contributed by atoms with Crippen LogP contribution in [0.1, 0.15) is 25.8 Å². The highest BCUT2D eigenvalue weighted by atomic mass is 16.5. The van der Waals surface area contributed by atoms with E-state index in [9.17, 15) is 10.2 Å². The van der Waals surface area contributed by atoms with Crippen LogP contribution in [0.25, 0.3) is 11.4 Å². The highest BCUT2D eigenvalue weighted by molar-refractivity contribution is 5.51. The van der Waals surface area contributed by atoms with Crippen molar-refractivity contribution >= 4 is 0 Å². The number of aliphatic hydroxyl groups is 2. The summed E-state index contributed by atoms with van der Waals surface area (Å²) in [4.78, 5) is 10.4. The Kier molecular flexibility index (Phi) is 5.23. The van der Waals surface area contributed by atoms with Crippen molar-refractivity contribution in [3.8, 4) is 11.4 Å². The first-order valence-corrected chi connectivity index (χ1v) is 7.15. The fraction of sp³-hybridized carbons (Fsp3) is 0.533. The third-order valence-corrected chi connectivity index (χ3v) is 3.77. The molecule has 1 unspecified atom stereocenters. The normalized spacial score (nSPS) is 13.5. The number of aromatic nitrogens is 3. The molecule has 0 aliphatic heterocycles. The second kappa shape index (κ2) is 6.95. The van der Waals surface area contributed by atoms with Crippen molar-refractivity contribution in [1.29, 1.82) is 0 Å². The monoisotopic (exact) mass is 306 g/mol. The fourth-order valence-electron chi connectivity index (χ4n) is 2.09. The van der Waals surface area contributed by atoms with E-state index >= 15 is 0 Å². The zero-order valence-corrected chi connectivity index (χ0v) is 13.1. The zero-order valence-electron chi connectivity index (χ0n) is 13.1. The molecule has 2 aromatic rings. The Labute approximate surface area is 129 Å². The summed E-state index contributed by atoms with van der Waals surface area (Å²) in [5, 5.41) is 22.8. The van der Waals surface area contributed by atoms with Gasteiger partial charge in [-0.3, -0.25) is 9.88 Å². The summed E-state index contributed by atoms with van der Waals surface area (Å²) in [5.74, 6) is 0.981. The Morgan fingerprint density at radius 1 is 1.36 bits per heavy atom. The second-order valence-electron chi connectivity index (χ2n) is 5.92. The van der Waals surface area contributed by atoms with Crippen LogP contribution in [0.2, 0.25) is 0 Å². The summed E-state index contributed by atoms with van der Waals surface area (Å²) in [7, 11) is 1.89. The van der Waals surface area contributed by atoms with Crippen LogP contribution in [0.3, 0.4) is 0 Å². The van der Waals surface area contributed by atoms with Gasteiger partial charge in [-0.05, 0) is 26.1 Å². The standard InChI is InChI=1S/C15H22N4O3/c1-11(19(3)8-15(2,9-20)10-21)14-17-13(18-22-14)12-5-4-6-16-7-12/h4-7,11,20-21H,8-10H2,1-3H3. The van der Waals surface area contributed by atoms with Crippen LogP contribution >= 0.6 is 0 Å². The van der Waals surface area contributed by atoms with Gasteiger partial charge in [0.2, 0.25) is 11.7 Å². The molecule has 0 saturated heterocycles. The van der Waals surface area contributed by atoms with Crippen molar-refractivity contribution in [3.05, 3.63) is 30.4 Å². The molecule has 0 amide bonds. The SMILES string of the molecule is CC(c1nc(-c2cccnc2)no1)N(C)CC(C)(CO)CO. The van der Waals surface area contributed by atoms with Crippen LogP contribution in [0.15, 0.2) is 29.0 Å². The average Bonchev–Trinajstić information content (AvgIpc) is 3.04. The van der Waals surface area contributed by atoms with E-state index in [0.717, 1.165) is 5.56 Å². The lowest BCUT2D eigenvalue weighted by atomic mass is 9.92. The summed E-state index contributed by atoms with van der Waals surface area (Å²) in [6, 6.07) is 3.55. The molecule has 0 saturated carbocycles. The number of pyridine rings is 1. The molecule has 7 heteroatoms. The Morgan fingerprint density at radius 2 is 2.09 bits per heavy atom. The minimum Gasteiger partial charge on any atom is -0.396 e. The number of aliphatic hydroxyl groups excluding tert-OH is 2. The van der Waals surface area contributed by atoms with Crippen molar-refractivity contribution < 1.29 is 14.7 Å². The third-order valence-electron chi connectivity index (χ3n) is 3.77. The number of hydrogen-bond donors (Lipinski definition) is 2. The molecule has 0 aliphatic carbocycles. The molecule has 1 atom stereocenters. The van der Waals surface area contributed by atoms with Gasteiger partial charge in [0.25, 0.3) is 0 Å². The van der Waals surface area contributed by atoms with E-state index in [1.807, 2.05) is 37.9 Å². The molecule has 2 heterocycles. The molecule has 120 valence electrons. The third kappa shape index (κ3) is 3.68. The van der Waals surface area contributed by atoms with E-state index in [-0.39, 0.29) is 19.3 Å². The van der Waals surface area contributed by atoms with Crippen LogP contribution in [0, 0.1) is 5.41 Å². The lowest BCUT2D eigenvalue weighted by Gasteiger charge is -2.32. The summed E-state index contributed by atoms with van der Waals surface area (Å²) < 4.78 is 5.33. The van der Waals surface area contributed by atoms with Crippen molar-refractivity contribution in [2.45, 2.75) is 19.9 Å². The van der Waals surface area contributed by atoms with Crippen LogP contribution in [0.4, 0.5) is 0 Å². The average molecular weight is 306 g/mol. The molecule has 0 bridgehead atoms. The van der Waals surface area contributed by atoms with Gasteiger partial charge < -0.3 is 14.7 Å². The molecule has 2 aromatic heterocycles. The van der Waals surface area contributed by atoms with Gasteiger partial charge in [-0.1, -0.05) is 12.1 Å². The lowest BCUT2D eigenvalue weighted by molar-refractivity contribution is 0.0287. The van der Waals surface area contributed by atoms with Crippen LogP contribution in [-0.2, 0) is 0 Å². The van der Waals surface area contributed by atoms with Crippen molar-refractivity contribution in [3.63, 3.8) is 0 Å². The summed E-state index contributed by atoms with van der Waals surface area (Å²) in [5.41, 5.74) is 0.220. The molecular formula is C15H22N4O3. The highest BCUT2D eigenvalue weighted by Gasteiger charge is 2.28. The van der Waals surface area contributed by atoms with Crippen molar-refractivity contribution in [1.82, 2.24) is 20.0 Å². The van der Waals surface area contributed by atoms with E-state index < -0.39 is 5.41 Å². The maximum Gasteiger partial charge on any atom is 0.244 e. The number of rotatable bonds is 7. The predicted molar refractivity (Wildman–Crippen MR) is 80.9 cm³/mol. The molecule has 0 aliphatic rings. The van der Waals surface area contributed by atoms with Crippen LogP contribution in [0.5, 0.6) is 0 Å². The Bertz CT molecular complexity index is 583. The minimum atomic E-state index is -0.574. The van der Waals surface area contributed by atoms with Gasteiger partial charge in [0.15, 0.2) is 0 Å². The van der Waals surface area contributed by atoms with E-state index in [4.69, 9.17) is 4.52 Å². The first-order chi connectivity index (χ1) is 10.5. The van der Waals surface area contributed by atoms with Crippen LogP contribution in [-0.4, -0.2) is 57.0 Å². The smallest absolute Gasteiger partial charge is 0.244 e. The second-order valence-corrected chi connectivity index (χ2v) is 5.92. The fourth-order valence-corrected chi connectivity index (χ4v) is 2.09. The van der Waals surface area contributed by atoms with Gasteiger partial charge >= 0.3 is 0 Å². The minimum absolute atomic E-state index is 0.0919. The van der Waals surface area contributed by atoms with Gasteiger partial charge in [-0.25, -0.2) is 0 Å². The van der Waals surface area contributed by atoms with Crippen molar-refractivity contribution in [2.24, 2.45) is 5.41 Å². The molecule has 22 heavy (non-hydrogen) atoms. The first kappa shape index (κ1) is 16.5. The Hall–Kier alpha value is -1.83. The van der Waals surface area contributed by atoms with Gasteiger partial charge in [-0.2, -0.15) is 4.98 Å². The molecule has 0 radical (unpaired) electrons. The molecule has 0 fully saturated rings. The zero-order chi connectivity index (χ0) is 16.2. The van der Waals surface area contributed by atoms with Gasteiger partial charge in [0.05, 0.1) is 19.3 Å². The first-order valence-electron chi connectivity index (χ1n) is 7.15. The molecule has 0 spiro atoms. The van der Waals surface area contributed by atoms with E-state index in [1.54, 1.807) is 12.4 Å². The maximum atomic E-state index is 9.39. The van der Waals surface area contributed by atoms with Crippen molar-refractivity contribution in [2.75, 3.05) is 26.8 Å². The Morgan fingerprint density at radius 3 is 2.68 bits per heavy atom. The quantitative estimate of drug-likeness (QED) is 0.791. The van der Waals surface area contributed by atoms with Crippen LogP contribution < -0.4 is 0 Å². The predicted octanol–water partition coefficient (Wildman–Crippen LogP) is 1.12. The largest absolute Gasteiger partial charge is 0.396 e. The van der Waals surface area contributed by atoms with Gasteiger partial charge in [0, 0.05) is 29.9 Å². The molecule has 2 N–H and O–H groups in total. The Balaban J connectivity index is 2.10. The molecule has 7 nitrogen and oxygen atoms in total. The molecular weight excluding hydrogens is 284 g/mol. The molecule has 0 aromatic carbocycles. The summed E-state index contributed by atoms with van der Waals surface area (Å²) >= 11 is 0. The van der Waals surface area contributed by atoms with E-state index in [0.29, 0.717) is 18.3 Å². The maximum absolute atomic E-state index is 9.39. The van der Waals surface area contributed by atoms with Gasteiger partial charge in [0.1, 0.15) is 0 Å². The highest BCUT2D eigenvalue weighted by Crippen LogP contribution is 2.24. The topological polar surface area (TPSA) is 95.5 Å². The number of hydrogen-bond acceptors (Lipinski definition) is 7. The van der Waals surface area contributed by atoms with Gasteiger partial charge in [-0.15, -0.1) is 0 Å². The summed E-state index contributed by atoms with van der Waals surface area (Å²) in [6.45, 7) is 4.09. The summed E-state index contributed by atoms with van der Waals surface area (Å²) in [6.07, 6.45) is 3.36. The van der Waals surface area contributed by atoms with E-state index in [1.165, 1.54) is 0 Å².